The standard InChI is InChI=1S/C15H26O/c1-12(2)6-8-15(13(3)4)9-7-14(5)10-11-16/h7,15-16H,1,3,6,8-11H2,2,4-5H3/b14-7-. The fraction of sp³-hybridized carbons (Fsp3) is 0.600. The Bertz CT molecular complexity index is 261. The van der Waals surface area contributed by atoms with E-state index in [4.69, 9.17) is 5.11 Å². The summed E-state index contributed by atoms with van der Waals surface area (Å²) in [5, 5.41) is 8.82. The third-order valence-electron chi connectivity index (χ3n) is 2.87. The molecule has 0 aromatic heterocycles. The van der Waals surface area contributed by atoms with Gasteiger partial charge < -0.3 is 5.11 Å². The number of hydrogen-bond acceptors (Lipinski definition) is 1. The summed E-state index contributed by atoms with van der Waals surface area (Å²) in [5.41, 5.74) is 3.75. The van der Waals surface area contributed by atoms with Crippen molar-refractivity contribution >= 4 is 0 Å². The van der Waals surface area contributed by atoms with Gasteiger partial charge in [0.05, 0.1) is 0 Å². The third-order valence-corrected chi connectivity index (χ3v) is 2.87. The van der Waals surface area contributed by atoms with Crippen LogP contribution in [-0.2, 0) is 0 Å². The first kappa shape index (κ1) is 15.2. The Morgan fingerprint density at radius 2 is 1.81 bits per heavy atom. The molecule has 0 fully saturated rings. The van der Waals surface area contributed by atoms with E-state index in [-0.39, 0.29) is 6.61 Å². The zero-order valence-electron chi connectivity index (χ0n) is 11.1. The molecular formula is C15H26O. The molecule has 0 saturated heterocycles. The molecule has 0 aliphatic carbocycles. The van der Waals surface area contributed by atoms with Gasteiger partial charge in [0.2, 0.25) is 0 Å². The van der Waals surface area contributed by atoms with Crippen LogP contribution in [0, 0.1) is 5.92 Å². The lowest BCUT2D eigenvalue weighted by atomic mass is 9.90. The van der Waals surface area contributed by atoms with E-state index in [0.717, 1.165) is 25.7 Å². The van der Waals surface area contributed by atoms with Crippen molar-refractivity contribution in [2.24, 2.45) is 5.92 Å². The summed E-state index contributed by atoms with van der Waals surface area (Å²) in [6.45, 7) is 14.5. The molecule has 16 heavy (non-hydrogen) atoms. The lowest BCUT2D eigenvalue weighted by Gasteiger charge is -2.15. The number of aliphatic hydroxyl groups excluding tert-OH is 1. The number of aliphatic hydroxyl groups is 1. The fourth-order valence-corrected chi connectivity index (χ4v) is 1.61. The molecule has 0 saturated carbocycles. The molecule has 92 valence electrons. The highest BCUT2D eigenvalue weighted by atomic mass is 16.2. The summed E-state index contributed by atoms with van der Waals surface area (Å²) >= 11 is 0. The number of rotatable bonds is 8. The predicted octanol–water partition coefficient (Wildman–Crippen LogP) is 4.25. The van der Waals surface area contributed by atoms with Crippen molar-refractivity contribution < 1.29 is 5.11 Å². The van der Waals surface area contributed by atoms with Gasteiger partial charge in [-0.1, -0.05) is 29.4 Å². The fourth-order valence-electron chi connectivity index (χ4n) is 1.61. The van der Waals surface area contributed by atoms with Crippen molar-refractivity contribution in [3.8, 4) is 0 Å². The highest BCUT2D eigenvalue weighted by Gasteiger charge is 2.07. The first-order valence-electron chi connectivity index (χ1n) is 6.03. The van der Waals surface area contributed by atoms with Gasteiger partial charge in [-0.05, 0) is 52.4 Å². The minimum absolute atomic E-state index is 0.242. The van der Waals surface area contributed by atoms with Crippen LogP contribution in [0.1, 0.15) is 46.5 Å². The maximum atomic E-state index is 8.82. The van der Waals surface area contributed by atoms with Crippen LogP contribution < -0.4 is 0 Å². The molecule has 0 aliphatic heterocycles. The van der Waals surface area contributed by atoms with E-state index < -0.39 is 0 Å². The third kappa shape index (κ3) is 7.47. The lowest BCUT2D eigenvalue weighted by molar-refractivity contribution is 0.299. The molecule has 1 N–H and O–H groups in total. The second-order valence-corrected chi connectivity index (χ2v) is 4.80. The van der Waals surface area contributed by atoms with E-state index >= 15 is 0 Å². The van der Waals surface area contributed by atoms with Crippen LogP contribution in [0.3, 0.4) is 0 Å². The first-order chi connectivity index (χ1) is 7.47. The molecule has 0 rings (SSSR count). The van der Waals surface area contributed by atoms with E-state index in [9.17, 15) is 0 Å². The van der Waals surface area contributed by atoms with Crippen LogP contribution >= 0.6 is 0 Å². The van der Waals surface area contributed by atoms with Gasteiger partial charge in [0.15, 0.2) is 0 Å². The van der Waals surface area contributed by atoms with E-state index in [2.05, 4.69) is 40.0 Å². The average molecular weight is 222 g/mol. The Kier molecular flexibility index (Phi) is 7.92. The largest absolute Gasteiger partial charge is 0.396 e. The molecule has 0 aliphatic rings. The van der Waals surface area contributed by atoms with E-state index in [1.54, 1.807) is 0 Å². The molecule has 1 unspecified atom stereocenters. The van der Waals surface area contributed by atoms with Gasteiger partial charge in [0, 0.05) is 6.61 Å². The Labute approximate surface area is 101 Å². The van der Waals surface area contributed by atoms with Gasteiger partial charge >= 0.3 is 0 Å². The average Bonchev–Trinajstić information content (AvgIpc) is 2.17. The summed E-state index contributed by atoms with van der Waals surface area (Å²) in [7, 11) is 0. The van der Waals surface area contributed by atoms with Gasteiger partial charge in [-0.2, -0.15) is 0 Å². The van der Waals surface area contributed by atoms with Crippen LogP contribution in [0.15, 0.2) is 36.0 Å². The summed E-state index contributed by atoms with van der Waals surface area (Å²) in [5.74, 6) is 0.547. The highest BCUT2D eigenvalue weighted by Crippen LogP contribution is 2.22. The lowest BCUT2D eigenvalue weighted by Crippen LogP contribution is -2.01. The van der Waals surface area contributed by atoms with Crippen molar-refractivity contribution in [1.29, 1.82) is 0 Å². The second kappa shape index (κ2) is 8.35. The Hall–Kier alpha value is -0.820. The van der Waals surface area contributed by atoms with E-state index in [1.165, 1.54) is 16.7 Å². The number of hydrogen-bond donors (Lipinski definition) is 1. The van der Waals surface area contributed by atoms with Crippen molar-refractivity contribution in [3.63, 3.8) is 0 Å². The van der Waals surface area contributed by atoms with Crippen LogP contribution in [0.2, 0.25) is 0 Å². The van der Waals surface area contributed by atoms with Crippen LogP contribution in [-0.4, -0.2) is 11.7 Å². The Morgan fingerprint density at radius 3 is 2.25 bits per heavy atom. The second-order valence-electron chi connectivity index (χ2n) is 4.80. The van der Waals surface area contributed by atoms with Crippen LogP contribution in [0.4, 0.5) is 0 Å². The molecule has 0 amide bonds. The molecule has 1 nitrogen and oxygen atoms in total. The van der Waals surface area contributed by atoms with Crippen molar-refractivity contribution in [2.75, 3.05) is 6.61 Å². The minimum atomic E-state index is 0.242. The van der Waals surface area contributed by atoms with E-state index in [1.807, 2.05) is 0 Å². The Balaban J connectivity index is 4.18. The molecule has 0 aromatic rings. The van der Waals surface area contributed by atoms with Crippen molar-refractivity contribution in [1.82, 2.24) is 0 Å². The summed E-state index contributed by atoms with van der Waals surface area (Å²) < 4.78 is 0. The monoisotopic (exact) mass is 222 g/mol. The highest BCUT2D eigenvalue weighted by molar-refractivity contribution is 5.05. The predicted molar refractivity (Wildman–Crippen MR) is 72.4 cm³/mol. The smallest absolute Gasteiger partial charge is 0.0468 e. The molecule has 0 spiro atoms. The topological polar surface area (TPSA) is 20.2 Å². The molecule has 1 atom stereocenters. The molecule has 0 bridgehead atoms. The minimum Gasteiger partial charge on any atom is -0.396 e. The van der Waals surface area contributed by atoms with Gasteiger partial charge in [0.25, 0.3) is 0 Å². The molecule has 0 radical (unpaired) electrons. The Morgan fingerprint density at radius 1 is 1.19 bits per heavy atom. The summed E-state index contributed by atoms with van der Waals surface area (Å²) in [4.78, 5) is 0. The maximum absolute atomic E-state index is 8.82. The van der Waals surface area contributed by atoms with Crippen molar-refractivity contribution in [2.45, 2.75) is 46.5 Å². The normalized spacial score (nSPS) is 13.6. The SMILES string of the molecule is C=C(C)CCC(C/C=C(/C)CCO)C(=C)C. The molecular weight excluding hydrogens is 196 g/mol. The van der Waals surface area contributed by atoms with Crippen LogP contribution in [0.25, 0.3) is 0 Å². The quantitative estimate of drug-likeness (QED) is 0.609. The first-order valence-corrected chi connectivity index (χ1v) is 6.03. The van der Waals surface area contributed by atoms with Gasteiger partial charge in [-0.3, -0.25) is 0 Å². The maximum Gasteiger partial charge on any atom is 0.0468 e. The summed E-state index contributed by atoms with van der Waals surface area (Å²) in [6, 6.07) is 0. The van der Waals surface area contributed by atoms with Gasteiger partial charge in [-0.25, -0.2) is 0 Å². The van der Waals surface area contributed by atoms with Crippen molar-refractivity contribution in [3.05, 3.63) is 36.0 Å². The zero-order valence-corrected chi connectivity index (χ0v) is 11.1. The van der Waals surface area contributed by atoms with Gasteiger partial charge in [-0.15, -0.1) is 6.58 Å². The van der Waals surface area contributed by atoms with E-state index in [0.29, 0.717) is 5.92 Å². The van der Waals surface area contributed by atoms with Gasteiger partial charge in [0.1, 0.15) is 0 Å². The zero-order chi connectivity index (χ0) is 12.6. The molecule has 0 heterocycles. The van der Waals surface area contributed by atoms with Crippen LogP contribution in [0.5, 0.6) is 0 Å². The number of allylic oxidation sites excluding steroid dienone is 3. The molecule has 1 heteroatoms. The molecule has 0 aromatic carbocycles. The summed E-state index contributed by atoms with van der Waals surface area (Å²) in [6.07, 6.45) is 6.25.